The van der Waals surface area contributed by atoms with E-state index in [-0.39, 0.29) is 0 Å². The molecule has 2 atom stereocenters. The molecule has 0 aromatic heterocycles. The Balaban J connectivity index is 0.000000561. The molecule has 0 radical (unpaired) electrons. The van der Waals surface area contributed by atoms with E-state index in [2.05, 4.69) is 20.4 Å². The first-order valence-electron chi connectivity index (χ1n) is 5.37. The van der Waals surface area contributed by atoms with Gasteiger partial charge in [0.15, 0.2) is 0 Å². The summed E-state index contributed by atoms with van der Waals surface area (Å²) in [5, 5.41) is 0. The SMILES string of the molecule is C=C(C)C1CCCCC1C.CC. The monoisotopic (exact) mass is 168 g/mol. The lowest BCUT2D eigenvalue weighted by Crippen LogP contribution is -2.16. The summed E-state index contributed by atoms with van der Waals surface area (Å²) in [6.07, 6.45) is 5.65. The van der Waals surface area contributed by atoms with Crippen molar-refractivity contribution in [2.24, 2.45) is 11.8 Å². The summed E-state index contributed by atoms with van der Waals surface area (Å²) in [5.74, 6) is 1.72. The second-order valence-electron chi connectivity index (χ2n) is 3.71. The Kier molecular flexibility index (Phi) is 6.14. The van der Waals surface area contributed by atoms with Crippen LogP contribution in [0.3, 0.4) is 0 Å². The van der Waals surface area contributed by atoms with E-state index in [0.717, 1.165) is 11.8 Å². The van der Waals surface area contributed by atoms with E-state index < -0.39 is 0 Å². The summed E-state index contributed by atoms with van der Waals surface area (Å²) in [5.41, 5.74) is 1.40. The van der Waals surface area contributed by atoms with E-state index in [1.807, 2.05) is 13.8 Å². The van der Waals surface area contributed by atoms with E-state index in [4.69, 9.17) is 0 Å². The Hall–Kier alpha value is -0.260. The molecule has 12 heavy (non-hydrogen) atoms. The predicted octanol–water partition coefficient (Wildman–Crippen LogP) is 4.42. The van der Waals surface area contributed by atoms with Gasteiger partial charge < -0.3 is 0 Å². The maximum absolute atomic E-state index is 4.03. The molecule has 0 aromatic rings. The second kappa shape index (κ2) is 6.28. The minimum atomic E-state index is 0.828. The molecule has 1 aliphatic carbocycles. The zero-order chi connectivity index (χ0) is 9.56. The summed E-state index contributed by atoms with van der Waals surface area (Å²) < 4.78 is 0. The van der Waals surface area contributed by atoms with E-state index in [1.165, 1.54) is 31.3 Å². The maximum Gasteiger partial charge on any atom is -0.0183 e. The molecule has 0 N–H and O–H groups in total. The van der Waals surface area contributed by atoms with Crippen LogP contribution in [-0.2, 0) is 0 Å². The summed E-state index contributed by atoms with van der Waals surface area (Å²) in [6.45, 7) is 12.6. The number of hydrogen-bond donors (Lipinski definition) is 0. The average molecular weight is 168 g/mol. The quantitative estimate of drug-likeness (QED) is 0.509. The van der Waals surface area contributed by atoms with Gasteiger partial charge in [0.25, 0.3) is 0 Å². The molecule has 1 saturated carbocycles. The Bertz CT molecular complexity index is 124. The normalized spacial score (nSPS) is 28.7. The zero-order valence-corrected chi connectivity index (χ0v) is 9.19. The van der Waals surface area contributed by atoms with Gasteiger partial charge in [-0.3, -0.25) is 0 Å². The summed E-state index contributed by atoms with van der Waals surface area (Å²) in [7, 11) is 0. The van der Waals surface area contributed by atoms with Crippen molar-refractivity contribution in [2.45, 2.75) is 53.4 Å². The Morgan fingerprint density at radius 2 is 1.67 bits per heavy atom. The standard InChI is InChI=1S/C10H18.C2H6/c1-8(2)10-7-5-4-6-9(10)3;1-2/h9-10H,1,4-7H2,2-3H3;1-2H3. The third-order valence-electron chi connectivity index (χ3n) is 2.74. The van der Waals surface area contributed by atoms with Crippen LogP contribution in [0.2, 0.25) is 0 Å². The molecule has 0 amide bonds. The highest BCUT2D eigenvalue weighted by molar-refractivity contribution is 4.99. The van der Waals surface area contributed by atoms with Crippen molar-refractivity contribution in [3.63, 3.8) is 0 Å². The van der Waals surface area contributed by atoms with Crippen LogP contribution in [0, 0.1) is 11.8 Å². The molecule has 1 fully saturated rings. The molecule has 1 rings (SSSR count). The number of hydrogen-bond acceptors (Lipinski definition) is 0. The van der Waals surface area contributed by atoms with Crippen LogP contribution in [-0.4, -0.2) is 0 Å². The van der Waals surface area contributed by atoms with Gasteiger partial charge in [-0.25, -0.2) is 0 Å². The molecule has 0 spiro atoms. The minimum absolute atomic E-state index is 0.828. The summed E-state index contributed by atoms with van der Waals surface area (Å²) in [6, 6.07) is 0. The molecule has 0 heterocycles. The fourth-order valence-electron chi connectivity index (χ4n) is 2.05. The second-order valence-corrected chi connectivity index (χ2v) is 3.71. The van der Waals surface area contributed by atoms with Gasteiger partial charge in [0.05, 0.1) is 0 Å². The van der Waals surface area contributed by atoms with E-state index in [9.17, 15) is 0 Å². The van der Waals surface area contributed by atoms with Gasteiger partial charge in [-0.05, 0) is 25.2 Å². The Labute approximate surface area is 78.1 Å². The first kappa shape index (κ1) is 11.7. The van der Waals surface area contributed by atoms with E-state index in [0.29, 0.717) is 0 Å². The molecule has 0 bridgehead atoms. The van der Waals surface area contributed by atoms with Gasteiger partial charge in [0.1, 0.15) is 0 Å². The van der Waals surface area contributed by atoms with Crippen molar-refractivity contribution in [1.82, 2.24) is 0 Å². The molecule has 0 aromatic carbocycles. The molecule has 0 saturated heterocycles. The fourth-order valence-corrected chi connectivity index (χ4v) is 2.05. The average Bonchev–Trinajstić information content (AvgIpc) is 2.08. The van der Waals surface area contributed by atoms with E-state index >= 15 is 0 Å². The van der Waals surface area contributed by atoms with Crippen molar-refractivity contribution >= 4 is 0 Å². The van der Waals surface area contributed by atoms with Crippen molar-refractivity contribution in [3.05, 3.63) is 12.2 Å². The van der Waals surface area contributed by atoms with Gasteiger partial charge in [0.2, 0.25) is 0 Å². The number of rotatable bonds is 1. The molecule has 2 unspecified atom stereocenters. The third kappa shape index (κ3) is 3.42. The minimum Gasteiger partial charge on any atom is -0.0999 e. The van der Waals surface area contributed by atoms with Crippen molar-refractivity contribution in [1.29, 1.82) is 0 Å². The van der Waals surface area contributed by atoms with Crippen LogP contribution in [0.5, 0.6) is 0 Å². The first-order valence-corrected chi connectivity index (χ1v) is 5.37. The fraction of sp³-hybridized carbons (Fsp3) is 0.833. The Morgan fingerprint density at radius 3 is 2.00 bits per heavy atom. The highest BCUT2D eigenvalue weighted by atomic mass is 14.3. The van der Waals surface area contributed by atoms with Gasteiger partial charge in [0, 0.05) is 0 Å². The van der Waals surface area contributed by atoms with Gasteiger partial charge >= 0.3 is 0 Å². The predicted molar refractivity (Wildman–Crippen MR) is 57.3 cm³/mol. The summed E-state index contributed by atoms with van der Waals surface area (Å²) >= 11 is 0. The Morgan fingerprint density at radius 1 is 1.17 bits per heavy atom. The largest absolute Gasteiger partial charge is 0.0999 e. The molecule has 0 heteroatoms. The van der Waals surface area contributed by atoms with Gasteiger partial charge in [-0.1, -0.05) is 52.2 Å². The van der Waals surface area contributed by atoms with E-state index in [1.54, 1.807) is 0 Å². The first-order chi connectivity index (χ1) is 5.72. The van der Waals surface area contributed by atoms with Gasteiger partial charge in [-0.2, -0.15) is 0 Å². The molecular formula is C12H24. The van der Waals surface area contributed by atoms with Crippen LogP contribution < -0.4 is 0 Å². The summed E-state index contributed by atoms with van der Waals surface area (Å²) in [4.78, 5) is 0. The smallest absolute Gasteiger partial charge is 0.0183 e. The van der Waals surface area contributed by atoms with Crippen molar-refractivity contribution < 1.29 is 0 Å². The highest BCUT2D eigenvalue weighted by Crippen LogP contribution is 2.33. The van der Waals surface area contributed by atoms with Crippen LogP contribution in [0.4, 0.5) is 0 Å². The third-order valence-corrected chi connectivity index (χ3v) is 2.74. The molecule has 0 aliphatic heterocycles. The van der Waals surface area contributed by atoms with Crippen LogP contribution in [0.1, 0.15) is 53.4 Å². The topological polar surface area (TPSA) is 0 Å². The highest BCUT2D eigenvalue weighted by Gasteiger charge is 2.20. The number of allylic oxidation sites excluding steroid dienone is 1. The van der Waals surface area contributed by atoms with Crippen molar-refractivity contribution in [2.75, 3.05) is 0 Å². The lowest BCUT2D eigenvalue weighted by molar-refractivity contribution is 0.294. The molecule has 72 valence electrons. The maximum atomic E-state index is 4.03. The van der Waals surface area contributed by atoms with Crippen LogP contribution >= 0.6 is 0 Å². The molecule has 1 aliphatic rings. The van der Waals surface area contributed by atoms with Crippen LogP contribution in [0.25, 0.3) is 0 Å². The van der Waals surface area contributed by atoms with Crippen LogP contribution in [0.15, 0.2) is 12.2 Å². The lowest BCUT2D eigenvalue weighted by Gasteiger charge is -2.28. The van der Waals surface area contributed by atoms with Crippen molar-refractivity contribution in [3.8, 4) is 0 Å². The molecule has 0 nitrogen and oxygen atoms in total. The lowest BCUT2D eigenvalue weighted by atomic mass is 9.77. The van der Waals surface area contributed by atoms with Gasteiger partial charge in [-0.15, -0.1) is 0 Å². The zero-order valence-electron chi connectivity index (χ0n) is 9.19. The molecular weight excluding hydrogens is 144 g/mol.